The molecule has 7 nitrogen and oxygen atoms in total. The number of esters is 1. The molecule has 1 aliphatic heterocycles. The van der Waals surface area contributed by atoms with E-state index in [1.165, 1.54) is 0 Å². The highest BCUT2D eigenvalue weighted by Gasteiger charge is 2.26. The van der Waals surface area contributed by atoms with Gasteiger partial charge in [-0.2, -0.15) is 0 Å². The highest BCUT2D eigenvalue weighted by atomic mass is 16.5. The van der Waals surface area contributed by atoms with Crippen molar-refractivity contribution in [1.82, 2.24) is 10.2 Å². The molecule has 0 aliphatic carbocycles. The van der Waals surface area contributed by atoms with Crippen LogP contribution in [-0.2, 0) is 9.53 Å². The van der Waals surface area contributed by atoms with E-state index in [1.54, 1.807) is 24.3 Å². The fourth-order valence-electron chi connectivity index (χ4n) is 2.01. The van der Waals surface area contributed by atoms with Crippen LogP contribution in [0.3, 0.4) is 0 Å². The highest BCUT2D eigenvalue weighted by molar-refractivity contribution is 5.96. The van der Waals surface area contributed by atoms with Gasteiger partial charge < -0.3 is 14.8 Å². The standard InChI is InChI=1S/C16H20N2O5/c1-2-3-10-22-15(20)12-4-6-13(7-5-12)23-11-14(19)18-9-8-17-16(18)21/h4-7H,2-3,8-11H2,1H3,(H,17,21). The fraction of sp³-hybridized carbons (Fsp3) is 0.438. The molecule has 1 aromatic rings. The van der Waals surface area contributed by atoms with Gasteiger partial charge in [0.25, 0.3) is 5.91 Å². The Kier molecular flexibility index (Phi) is 5.96. The lowest BCUT2D eigenvalue weighted by Crippen LogP contribution is -2.37. The number of rotatable bonds is 7. The van der Waals surface area contributed by atoms with Crippen LogP contribution in [0.15, 0.2) is 24.3 Å². The lowest BCUT2D eigenvalue weighted by Gasteiger charge is -2.13. The summed E-state index contributed by atoms with van der Waals surface area (Å²) in [5.41, 5.74) is 0.429. The minimum atomic E-state index is -0.400. The molecule has 1 saturated heterocycles. The van der Waals surface area contributed by atoms with E-state index < -0.39 is 11.9 Å². The van der Waals surface area contributed by atoms with Crippen LogP contribution in [0.5, 0.6) is 5.75 Å². The van der Waals surface area contributed by atoms with Crippen LogP contribution >= 0.6 is 0 Å². The van der Waals surface area contributed by atoms with E-state index >= 15 is 0 Å². The Balaban J connectivity index is 1.81. The molecule has 2 rings (SSSR count). The Bertz CT molecular complexity index is 570. The van der Waals surface area contributed by atoms with Gasteiger partial charge in [0.1, 0.15) is 5.75 Å². The molecule has 0 aromatic heterocycles. The normalized spacial score (nSPS) is 13.6. The predicted octanol–water partition coefficient (Wildman–Crippen LogP) is 1.57. The highest BCUT2D eigenvalue weighted by Crippen LogP contribution is 2.13. The van der Waals surface area contributed by atoms with Gasteiger partial charge in [-0.15, -0.1) is 0 Å². The second-order valence-corrected chi connectivity index (χ2v) is 5.08. The van der Waals surface area contributed by atoms with Gasteiger partial charge in [-0.3, -0.25) is 9.69 Å². The quantitative estimate of drug-likeness (QED) is 0.609. The number of amides is 3. The molecule has 0 saturated carbocycles. The third kappa shape index (κ3) is 4.70. The average molecular weight is 320 g/mol. The molecule has 1 N–H and O–H groups in total. The molecule has 0 spiro atoms. The first kappa shape index (κ1) is 16.8. The van der Waals surface area contributed by atoms with Crippen LogP contribution in [0.1, 0.15) is 30.1 Å². The number of unbranched alkanes of at least 4 members (excludes halogenated alkanes) is 1. The molecule has 1 aromatic carbocycles. The number of ether oxygens (including phenoxy) is 2. The van der Waals surface area contributed by atoms with Crippen molar-refractivity contribution >= 4 is 17.9 Å². The molecule has 0 atom stereocenters. The number of benzene rings is 1. The lowest BCUT2D eigenvalue weighted by atomic mass is 10.2. The lowest BCUT2D eigenvalue weighted by molar-refractivity contribution is -0.129. The van der Waals surface area contributed by atoms with Gasteiger partial charge in [0.05, 0.1) is 12.2 Å². The van der Waals surface area contributed by atoms with E-state index in [0.717, 1.165) is 17.7 Å². The fourth-order valence-corrected chi connectivity index (χ4v) is 2.01. The Morgan fingerprint density at radius 2 is 2.00 bits per heavy atom. The van der Waals surface area contributed by atoms with E-state index in [1.807, 2.05) is 6.92 Å². The van der Waals surface area contributed by atoms with Crippen molar-refractivity contribution < 1.29 is 23.9 Å². The number of carbonyl (C=O) groups excluding carboxylic acids is 3. The number of hydrogen-bond donors (Lipinski definition) is 1. The van der Waals surface area contributed by atoms with Gasteiger partial charge in [-0.05, 0) is 30.7 Å². The van der Waals surface area contributed by atoms with Gasteiger partial charge in [-0.25, -0.2) is 9.59 Å². The van der Waals surface area contributed by atoms with E-state index in [4.69, 9.17) is 9.47 Å². The van der Waals surface area contributed by atoms with Crippen LogP contribution in [-0.4, -0.2) is 49.1 Å². The summed E-state index contributed by atoms with van der Waals surface area (Å²) < 4.78 is 10.4. The van der Waals surface area contributed by atoms with Crippen molar-refractivity contribution in [2.24, 2.45) is 0 Å². The van der Waals surface area contributed by atoms with E-state index in [2.05, 4.69) is 5.32 Å². The number of imide groups is 1. The first-order chi connectivity index (χ1) is 11.1. The van der Waals surface area contributed by atoms with Crippen molar-refractivity contribution in [3.05, 3.63) is 29.8 Å². The molecule has 1 heterocycles. The smallest absolute Gasteiger partial charge is 0.338 e. The van der Waals surface area contributed by atoms with E-state index in [-0.39, 0.29) is 12.6 Å². The number of hydrogen-bond acceptors (Lipinski definition) is 5. The SMILES string of the molecule is CCCCOC(=O)c1ccc(OCC(=O)N2CCNC2=O)cc1. The van der Waals surface area contributed by atoms with Gasteiger partial charge >= 0.3 is 12.0 Å². The zero-order valence-electron chi connectivity index (χ0n) is 13.0. The molecular formula is C16H20N2O5. The Hall–Kier alpha value is -2.57. The second-order valence-electron chi connectivity index (χ2n) is 5.08. The van der Waals surface area contributed by atoms with Crippen molar-refractivity contribution in [1.29, 1.82) is 0 Å². The van der Waals surface area contributed by atoms with E-state index in [0.29, 0.717) is 31.0 Å². The number of urea groups is 1. The summed E-state index contributed by atoms with van der Waals surface area (Å²) in [6, 6.07) is 5.94. The maximum Gasteiger partial charge on any atom is 0.338 e. The number of nitrogens with one attached hydrogen (secondary N) is 1. The average Bonchev–Trinajstić information content (AvgIpc) is 2.99. The first-order valence-electron chi connectivity index (χ1n) is 7.60. The summed E-state index contributed by atoms with van der Waals surface area (Å²) in [5, 5.41) is 2.55. The summed E-state index contributed by atoms with van der Waals surface area (Å²) in [5.74, 6) is -0.332. The molecule has 3 amide bonds. The van der Waals surface area contributed by atoms with Gasteiger partial charge in [-0.1, -0.05) is 13.3 Å². The second kappa shape index (κ2) is 8.17. The van der Waals surface area contributed by atoms with Crippen molar-refractivity contribution in [2.45, 2.75) is 19.8 Å². The van der Waals surface area contributed by atoms with E-state index in [9.17, 15) is 14.4 Å². The Morgan fingerprint density at radius 1 is 1.26 bits per heavy atom. The van der Waals surface area contributed by atoms with Crippen LogP contribution in [0.25, 0.3) is 0 Å². The van der Waals surface area contributed by atoms with Crippen LogP contribution in [0, 0.1) is 0 Å². The third-order valence-corrected chi connectivity index (χ3v) is 3.34. The zero-order valence-corrected chi connectivity index (χ0v) is 13.0. The summed E-state index contributed by atoms with van der Waals surface area (Å²) in [6.07, 6.45) is 1.79. The van der Waals surface area contributed by atoms with Gasteiger partial charge in [0, 0.05) is 13.1 Å². The van der Waals surface area contributed by atoms with Crippen molar-refractivity contribution in [2.75, 3.05) is 26.3 Å². The predicted molar refractivity (Wildman–Crippen MR) is 82.2 cm³/mol. The molecule has 23 heavy (non-hydrogen) atoms. The first-order valence-corrected chi connectivity index (χ1v) is 7.60. The van der Waals surface area contributed by atoms with Crippen LogP contribution in [0.2, 0.25) is 0 Å². The van der Waals surface area contributed by atoms with Crippen molar-refractivity contribution in [3.8, 4) is 5.75 Å². The van der Waals surface area contributed by atoms with Gasteiger partial charge in [0.2, 0.25) is 0 Å². The molecule has 0 radical (unpaired) electrons. The molecule has 0 bridgehead atoms. The summed E-state index contributed by atoms with van der Waals surface area (Å²) >= 11 is 0. The van der Waals surface area contributed by atoms with Gasteiger partial charge in [0.15, 0.2) is 6.61 Å². The minimum Gasteiger partial charge on any atom is -0.484 e. The largest absolute Gasteiger partial charge is 0.484 e. The molecular weight excluding hydrogens is 300 g/mol. The molecule has 1 aliphatic rings. The molecule has 124 valence electrons. The Labute approximate surface area is 134 Å². The van der Waals surface area contributed by atoms with Crippen molar-refractivity contribution in [3.63, 3.8) is 0 Å². The number of nitrogens with zero attached hydrogens (tertiary/aromatic N) is 1. The molecule has 1 fully saturated rings. The van der Waals surface area contributed by atoms with Crippen LogP contribution in [0.4, 0.5) is 4.79 Å². The molecule has 7 heteroatoms. The maximum atomic E-state index is 11.8. The summed E-state index contributed by atoms with van der Waals surface area (Å²) in [7, 11) is 0. The topological polar surface area (TPSA) is 84.9 Å². The Morgan fingerprint density at radius 3 is 2.61 bits per heavy atom. The number of carbonyl (C=O) groups is 3. The maximum absolute atomic E-state index is 11.8. The van der Waals surface area contributed by atoms with Crippen LogP contribution < -0.4 is 10.1 Å². The third-order valence-electron chi connectivity index (χ3n) is 3.34. The minimum absolute atomic E-state index is 0.228. The summed E-state index contributed by atoms with van der Waals surface area (Å²) in [6.45, 7) is 3.00. The monoisotopic (exact) mass is 320 g/mol. The summed E-state index contributed by atoms with van der Waals surface area (Å²) in [4.78, 5) is 36.0. The zero-order chi connectivity index (χ0) is 16.7. The molecule has 0 unspecified atom stereocenters.